The minimum Gasteiger partial charge on any atom is -0.489 e. The van der Waals surface area contributed by atoms with Gasteiger partial charge in [0.2, 0.25) is 0 Å². The molecule has 31 heavy (non-hydrogen) atoms. The number of carbonyl (C=O) groups is 1. The maximum Gasteiger partial charge on any atom is 0.261 e. The molecular formula is C26H30N2O2S. The van der Waals surface area contributed by atoms with Crippen LogP contribution >= 0.6 is 11.3 Å². The molecule has 0 spiro atoms. The fourth-order valence-corrected chi connectivity index (χ4v) is 4.73. The molecule has 0 saturated carbocycles. The van der Waals surface area contributed by atoms with E-state index in [0.717, 1.165) is 30.3 Å². The standard InChI is InChI=1S/C26H30N2O2S/c1-20(18-27-26(29)25-8-5-17-31-25)30-24-11-9-21(10-12-24)19-28-15-13-23(14-16-28)22-6-3-2-4-7-22/h2-12,17,20,23H,13-16,18-19H2,1H3,(H,27,29). The van der Waals surface area contributed by atoms with Crippen LogP contribution in [0.5, 0.6) is 5.75 Å². The second-order valence-corrected chi connectivity index (χ2v) is 9.17. The number of rotatable bonds is 8. The minimum atomic E-state index is -0.0909. The monoisotopic (exact) mass is 434 g/mol. The molecule has 2 aromatic carbocycles. The summed E-state index contributed by atoms with van der Waals surface area (Å²) in [5, 5.41) is 4.83. The number of amides is 1. The number of ether oxygens (including phenoxy) is 1. The summed E-state index contributed by atoms with van der Waals surface area (Å²) in [5.41, 5.74) is 2.79. The highest BCUT2D eigenvalue weighted by Gasteiger charge is 2.20. The summed E-state index contributed by atoms with van der Waals surface area (Å²) in [7, 11) is 0. The van der Waals surface area contributed by atoms with Gasteiger partial charge in [-0.2, -0.15) is 0 Å². The van der Waals surface area contributed by atoms with Gasteiger partial charge in [-0.1, -0.05) is 48.5 Å². The van der Waals surface area contributed by atoms with Gasteiger partial charge in [-0.25, -0.2) is 0 Å². The molecule has 162 valence electrons. The third kappa shape index (κ3) is 6.18. The van der Waals surface area contributed by atoms with Gasteiger partial charge in [-0.05, 0) is 73.5 Å². The third-order valence-electron chi connectivity index (χ3n) is 5.82. The van der Waals surface area contributed by atoms with Crippen LogP contribution in [0.1, 0.15) is 46.5 Å². The molecule has 1 aromatic heterocycles. The summed E-state index contributed by atoms with van der Waals surface area (Å²) in [4.78, 5) is 15.3. The van der Waals surface area contributed by atoms with Gasteiger partial charge in [0.15, 0.2) is 0 Å². The van der Waals surface area contributed by atoms with E-state index in [1.54, 1.807) is 0 Å². The van der Waals surface area contributed by atoms with Crippen molar-refractivity contribution in [2.24, 2.45) is 0 Å². The van der Waals surface area contributed by atoms with Crippen LogP contribution in [0.25, 0.3) is 0 Å². The summed E-state index contributed by atoms with van der Waals surface area (Å²) in [6, 6.07) is 23.0. The number of hydrogen-bond acceptors (Lipinski definition) is 4. The molecule has 1 aliphatic heterocycles. The van der Waals surface area contributed by atoms with Gasteiger partial charge in [-0.3, -0.25) is 9.69 Å². The molecule has 1 saturated heterocycles. The summed E-state index contributed by atoms with van der Waals surface area (Å²) in [5.74, 6) is 1.48. The molecule has 4 rings (SSSR count). The van der Waals surface area contributed by atoms with E-state index < -0.39 is 0 Å². The van der Waals surface area contributed by atoms with Gasteiger partial charge in [0.05, 0.1) is 11.4 Å². The lowest BCUT2D eigenvalue weighted by Gasteiger charge is -2.32. The van der Waals surface area contributed by atoms with Gasteiger partial charge in [0, 0.05) is 6.54 Å². The largest absolute Gasteiger partial charge is 0.489 e. The average molecular weight is 435 g/mol. The number of carbonyl (C=O) groups excluding carboxylic acids is 1. The summed E-state index contributed by atoms with van der Waals surface area (Å²) in [6.45, 7) is 5.71. The Balaban J connectivity index is 1.20. The molecule has 4 nitrogen and oxygen atoms in total. The highest BCUT2D eigenvalue weighted by molar-refractivity contribution is 7.12. The van der Waals surface area contributed by atoms with Crippen molar-refractivity contribution in [3.8, 4) is 5.75 Å². The summed E-state index contributed by atoms with van der Waals surface area (Å²) in [6.07, 6.45) is 2.35. The van der Waals surface area contributed by atoms with Crippen molar-refractivity contribution in [2.45, 2.75) is 38.3 Å². The maximum absolute atomic E-state index is 12.0. The van der Waals surface area contributed by atoms with Crippen LogP contribution in [-0.4, -0.2) is 36.5 Å². The number of piperidine rings is 1. The molecule has 1 unspecified atom stereocenters. The molecule has 0 bridgehead atoms. The van der Waals surface area contributed by atoms with Crippen LogP contribution in [0, 0.1) is 0 Å². The number of benzene rings is 2. The molecule has 1 aliphatic rings. The second kappa shape index (κ2) is 10.6. The quantitative estimate of drug-likeness (QED) is 0.521. The number of hydrogen-bond donors (Lipinski definition) is 1. The van der Waals surface area contributed by atoms with E-state index >= 15 is 0 Å². The van der Waals surface area contributed by atoms with E-state index in [0.29, 0.717) is 12.5 Å². The first-order valence-corrected chi connectivity index (χ1v) is 11.9. The van der Waals surface area contributed by atoms with Gasteiger partial charge < -0.3 is 10.1 Å². The van der Waals surface area contributed by atoms with Gasteiger partial charge in [0.1, 0.15) is 11.9 Å². The maximum atomic E-state index is 12.0. The Kier molecular flexibility index (Phi) is 7.39. The SMILES string of the molecule is CC(CNC(=O)c1cccs1)Oc1ccc(CN2CCC(c3ccccc3)CC2)cc1. The van der Waals surface area contributed by atoms with Gasteiger partial charge >= 0.3 is 0 Å². The van der Waals surface area contributed by atoms with Gasteiger partial charge in [0.25, 0.3) is 5.91 Å². The summed E-state index contributed by atoms with van der Waals surface area (Å²) < 4.78 is 5.97. The lowest BCUT2D eigenvalue weighted by atomic mass is 9.89. The zero-order valence-corrected chi connectivity index (χ0v) is 18.8. The zero-order valence-electron chi connectivity index (χ0n) is 18.0. The van der Waals surface area contributed by atoms with Crippen LogP contribution in [0.4, 0.5) is 0 Å². The molecule has 3 aromatic rings. The van der Waals surface area contributed by atoms with Crippen LogP contribution < -0.4 is 10.1 Å². The molecule has 5 heteroatoms. The number of nitrogens with one attached hydrogen (secondary N) is 1. The first-order valence-electron chi connectivity index (χ1n) is 11.0. The minimum absolute atomic E-state index is 0.0446. The fraction of sp³-hybridized carbons (Fsp3) is 0.346. The van der Waals surface area contributed by atoms with Crippen LogP contribution in [0.3, 0.4) is 0 Å². The van der Waals surface area contributed by atoms with Crippen molar-refractivity contribution in [1.29, 1.82) is 0 Å². The van der Waals surface area contributed by atoms with Crippen molar-refractivity contribution in [3.05, 3.63) is 88.1 Å². The molecule has 1 fully saturated rings. The first-order chi connectivity index (χ1) is 15.2. The van der Waals surface area contributed by atoms with Crippen LogP contribution in [0.2, 0.25) is 0 Å². The smallest absolute Gasteiger partial charge is 0.261 e. The predicted molar refractivity (Wildman–Crippen MR) is 127 cm³/mol. The lowest BCUT2D eigenvalue weighted by Crippen LogP contribution is -2.33. The molecule has 1 amide bonds. The molecular weight excluding hydrogens is 404 g/mol. The molecule has 1 atom stereocenters. The normalized spacial score (nSPS) is 16.0. The Morgan fingerprint density at radius 2 is 1.81 bits per heavy atom. The molecule has 1 N–H and O–H groups in total. The molecule has 0 radical (unpaired) electrons. The molecule has 0 aliphatic carbocycles. The predicted octanol–water partition coefficient (Wildman–Crippen LogP) is 5.33. The van der Waals surface area contributed by atoms with E-state index in [-0.39, 0.29) is 12.0 Å². The Labute approximate surface area is 188 Å². The first kappa shape index (κ1) is 21.6. The van der Waals surface area contributed by atoms with Crippen molar-refractivity contribution < 1.29 is 9.53 Å². The second-order valence-electron chi connectivity index (χ2n) is 8.22. The van der Waals surface area contributed by atoms with E-state index in [1.165, 1.54) is 35.3 Å². The Hall–Kier alpha value is -2.63. The van der Waals surface area contributed by atoms with Crippen LogP contribution in [-0.2, 0) is 6.54 Å². The van der Waals surface area contributed by atoms with Crippen molar-refractivity contribution in [2.75, 3.05) is 19.6 Å². The Morgan fingerprint density at radius 3 is 2.48 bits per heavy atom. The highest BCUT2D eigenvalue weighted by Crippen LogP contribution is 2.28. The van der Waals surface area contributed by atoms with Crippen molar-refractivity contribution in [1.82, 2.24) is 10.2 Å². The zero-order chi connectivity index (χ0) is 21.5. The van der Waals surface area contributed by atoms with E-state index in [4.69, 9.17) is 4.74 Å². The van der Waals surface area contributed by atoms with Crippen molar-refractivity contribution >= 4 is 17.2 Å². The van der Waals surface area contributed by atoms with E-state index in [1.807, 2.05) is 36.6 Å². The number of likely N-dealkylation sites (tertiary alicyclic amines) is 1. The number of nitrogens with zero attached hydrogens (tertiary/aromatic N) is 1. The van der Waals surface area contributed by atoms with E-state index in [9.17, 15) is 4.79 Å². The summed E-state index contributed by atoms with van der Waals surface area (Å²) >= 11 is 1.44. The van der Waals surface area contributed by atoms with Crippen LogP contribution in [0.15, 0.2) is 72.1 Å². The molecule has 2 heterocycles. The van der Waals surface area contributed by atoms with Crippen molar-refractivity contribution in [3.63, 3.8) is 0 Å². The Bertz CT molecular complexity index is 933. The van der Waals surface area contributed by atoms with Gasteiger partial charge in [-0.15, -0.1) is 11.3 Å². The number of thiophene rings is 1. The highest BCUT2D eigenvalue weighted by atomic mass is 32.1. The third-order valence-corrected chi connectivity index (χ3v) is 6.69. The average Bonchev–Trinajstić information content (AvgIpc) is 3.35. The topological polar surface area (TPSA) is 41.6 Å². The van der Waals surface area contributed by atoms with E-state index in [2.05, 4.69) is 52.7 Å². The lowest BCUT2D eigenvalue weighted by molar-refractivity contribution is 0.0936. The Morgan fingerprint density at radius 1 is 1.06 bits per heavy atom. The fourth-order valence-electron chi connectivity index (χ4n) is 4.09.